The van der Waals surface area contributed by atoms with Gasteiger partial charge in [0.25, 0.3) is 11.8 Å². The molecule has 0 bridgehead atoms. The summed E-state index contributed by atoms with van der Waals surface area (Å²) in [6.07, 6.45) is 2.82. The van der Waals surface area contributed by atoms with E-state index < -0.39 is 5.91 Å². The van der Waals surface area contributed by atoms with E-state index in [-0.39, 0.29) is 5.91 Å². The molecule has 5 rings (SSSR count). The largest absolute Gasteiger partial charge is 0.381 e. The fourth-order valence-electron chi connectivity index (χ4n) is 4.36. The number of amides is 2. The first kappa shape index (κ1) is 29.7. The number of nitrogens with one attached hydrogen (secondary N) is 4. The van der Waals surface area contributed by atoms with Gasteiger partial charge in [0.15, 0.2) is 0 Å². The minimum Gasteiger partial charge on any atom is -0.381 e. The highest BCUT2D eigenvalue weighted by molar-refractivity contribution is 6.35. The number of halogens is 2. The van der Waals surface area contributed by atoms with Gasteiger partial charge in [-0.1, -0.05) is 41.4 Å². The molecule has 0 spiro atoms. The number of hydrogen-bond acceptors (Lipinski definition) is 6. The normalized spacial score (nSPS) is 11.1. The van der Waals surface area contributed by atoms with Crippen LogP contribution in [0.15, 0.2) is 84.9 Å². The Hall–Kier alpha value is -4.83. The smallest absolute Gasteiger partial charge is 0.267 e. The first-order chi connectivity index (χ1) is 20.7. The zero-order valence-corrected chi connectivity index (χ0v) is 24.8. The second kappa shape index (κ2) is 13.0. The van der Waals surface area contributed by atoms with Crippen LogP contribution in [0.1, 0.15) is 21.5 Å². The molecule has 0 unspecified atom stereocenters. The lowest BCUT2D eigenvalue weighted by molar-refractivity contribution is -0.124. The predicted molar refractivity (Wildman–Crippen MR) is 173 cm³/mol. The Morgan fingerprint density at radius 3 is 2.42 bits per heavy atom. The molecule has 5 aromatic rings. The number of carbonyl (C=O) groups is 2. The molecule has 0 radical (unpaired) electrons. The number of H-pyrrole nitrogens is 1. The van der Waals surface area contributed by atoms with Crippen molar-refractivity contribution in [3.05, 3.63) is 112 Å². The number of rotatable bonds is 9. The number of hydroxylamine groups is 1. The highest BCUT2D eigenvalue weighted by Crippen LogP contribution is 2.31. The van der Waals surface area contributed by atoms with Gasteiger partial charge in [0.05, 0.1) is 26.6 Å². The number of imidazole rings is 1. The maximum Gasteiger partial charge on any atom is 0.267 e. The Kier molecular flexibility index (Phi) is 8.96. The van der Waals surface area contributed by atoms with Crippen LogP contribution in [0.25, 0.3) is 28.5 Å². The van der Waals surface area contributed by atoms with Gasteiger partial charge in [-0.2, -0.15) is 0 Å². The Bertz CT molecular complexity index is 1830. The molecule has 0 atom stereocenters. The van der Waals surface area contributed by atoms with E-state index in [9.17, 15) is 9.59 Å². The van der Waals surface area contributed by atoms with Gasteiger partial charge in [0.2, 0.25) is 0 Å². The third-order valence-corrected chi connectivity index (χ3v) is 7.33. The SMILES string of the molecule is CN(C)c1ccc2[nH]c(-c3cc(NC(=O)c4ccc(CNc5ccc(/C=C/C(=O)NO)cc5)cc4Cl)ccc3Cl)nc2c1. The summed E-state index contributed by atoms with van der Waals surface area (Å²) in [5, 5.41) is 15.6. The summed E-state index contributed by atoms with van der Waals surface area (Å²) >= 11 is 13.0. The minimum absolute atomic E-state index is 0.322. The first-order valence-electron chi connectivity index (χ1n) is 13.2. The van der Waals surface area contributed by atoms with E-state index in [0.717, 1.165) is 33.5 Å². The van der Waals surface area contributed by atoms with Crippen molar-refractivity contribution in [3.8, 4) is 11.4 Å². The molecule has 2 amide bonds. The molecule has 11 heteroatoms. The van der Waals surface area contributed by atoms with Crippen LogP contribution in [-0.4, -0.2) is 41.1 Å². The average molecular weight is 616 g/mol. The summed E-state index contributed by atoms with van der Waals surface area (Å²) in [5.74, 6) is -0.352. The Labute approximate surface area is 258 Å². The van der Waals surface area contributed by atoms with Crippen LogP contribution in [-0.2, 0) is 11.3 Å². The number of nitrogens with zero attached hydrogens (tertiary/aromatic N) is 2. The maximum atomic E-state index is 13.1. The minimum atomic E-state index is -0.601. The maximum absolute atomic E-state index is 13.1. The molecule has 0 aliphatic heterocycles. The van der Waals surface area contributed by atoms with Gasteiger partial charge in [-0.3, -0.25) is 14.8 Å². The van der Waals surface area contributed by atoms with Gasteiger partial charge in [-0.05, 0) is 77.9 Å². The van der Waals surface area contributed by atoms with Crippen molar-refractivity contribution in [2.75, 3.05) is 29.6 Å². The number of hydrogen-bond donors (Lipinski definition) is 5. The number of fused-ring (bicyclic) bond motifs is 1. The molecule has 218 valence electrons. The summed E-state index contributed by atoms with van der Waals surface area (Å²) in [7, 11) is 3.95. The van der Waals surface area contributed by atoms with Gasteiger partial charge in [0, 0.05) is 49.3 Å². The van der Waals surface area contributed by atoms with Crippen molar-refractivity contribution in [1.29, 1.82) is 0 Å². The first-order valence-corrected chi connectivity index (χ1v) is 14.0. The molecule has 4 aromatic carbocycles. The monoisotopic (exact) mass is 614 g/mol. The quantitative estimate of drug-likeness (QED) is 0.0693. The Morgan fingerprint density at radius 1 is 0.930 bits per heavy atom. The van der Waals surface area contributed by atoms with Gasteiger partial charge in [-0.15, -0.1) is 0 Å². The molecule has 9 nitrogen and oxygen atoms in total. The van der Waals surface area contributed by atoms with Gasteiger partial charge in [-0.25, -0.2) is 10.5 Å². The number of benzene rings is 4. The molecular formula is C32H28Cl2N6O3. The van der Waals surface area contributed by atoms with E-state index >= 15 is 0 Å². The second-order valence-corrected chi connectivity index (χ2v) is 10.7. The fraction of sp³-hybridized carbons (Fsp3) is 0.0938. The highest BCUT2D eigenvalue weighted by atomic mass is 35.5. The molecule has 0 saturated carbocycles. The van der Waals surface area contributed by atoms with Gasteiger partial charge in [0.1, 0.15) is 5.82 Å². The number of aromatic amines is 1. The summed E-state index contributed by atoms with van der Waals surface area (Å²) in [4.78, 5) is 34.3. The summed E-state index contributed by atoms with van der Waals surface area (Å²) in [6, 6.07) is 23.9. The van der Waals surface area contributed by atoms with Crippen molar-refractivity contribution in [1.82, 2.24) is 15.4 Å². The lowest BCUT2D eigenvalue weighted by atomic mass is 10.1. The third-order valence-electron chi connectivity index (χ3n) is 6.69. The number of carbonyl (C=O) groups excluding carboxylic acids is 2. The van der Waals surface area contributed by atoms with Crippen LogP contribution in [0.3, 0.4) is 0 Å². The Balaban J connectivity index is 1.25. The Morgan fingerprint density at radius 2 is 1.70 bits per heavy atom. The molecular weight excluding hydrogens is 587 g/mol. The van der Waals surface area contributed by atoms with Crippen LogP contribution in [0.5, 0.6) is 0 Å². The van der Waals surface area contributed by atoms with Crippen molar-refractivity contribution in [3.63, 3.8) is 0 Å². The van der Waals surface area contributed by atoms with Crippen LogP contribution in [0, 0.1) is 0 Å². The van der Waals surface area contributed by atoms with Gasteiger partial charge >= 0.3 is 0 Å². The molecule has 0 saturated heterocycles. The van der Waals surface area contributed by atoms with Crippen LogP contribution in [0.2, 0.25) is 10.0 Å². The molecule has 43 heavy (non-hydrogen) atoms. The van der Waals surface area contributed by atoms with E-state index in [0.29, 0.717) is 39.2 Å². The molecule has 1 aromatic heterocycles. The lowest BCUT2D eigenvalue weighted by Crippen LogP contribution is -2.14. The predicted octanol–water partition coefficient (Wildman–Crippen LogP) is 6.99. The average Bonchev–Trinajstić information content (AvgIpc) is 3.43. The summed E-state index contributed by atoms with van der Waals surface area (Å²) in [6.45, 7) is 0.484. The third kappa shape index (κ3) is 7.15. The van der Waals surface area contributed by atoms with Gasteiger partial charge < -0.3 is 20.5 Å². The standard InChI is InChI=1S/C32H28Cl2N6O3/c1-40(2)23-10-13-28-29(17-23)38-31(37-28)25-16-22(9-12-26(25)33)36-32(42)24-11-5-20(15-27(24)34)18-35-21-7-3-19(4-8-21)6-14-30(41)39-43/h3-17,35,43H,18H2,1-2H3,(H,36,42)(H,37,38)(H,39,41)/b14-6+. The van der Waals surface area contributed by atoms with Crippen LogP contribution >= 0.6 is 23.2 Å². The van der Waals surface area contributed by atoms with Crippen molar-refractivity contribution < 1.29 is 14.8 Å². The van der Waals surface area contributed by atoms with Crippen LogP contribution < -0.4 is 21.0 Å². The van der Waals surface area contributed by atoms with Crippen molar-refractivity contribution >= 4 is 69.2 Å². The molecule has 1 heterocycles. The molecule has 5 N–H and O–H groups in total. The second-order valence-electron chi connectivity index (χ2n) is 9.93. The summed E-state index contributed by atoms with van der Waals surface area (Å²) in [5.41, 5.74) is 8.38. The molecule has 0 fully saturated rings. The van der Waals surface area contributed by atoms with E-state index in [4.69, 9.17) is 33.4 Å². The number of aromatic nitrogens is 2. The molecule has 0 aliphatic carbocycles. The zero-order chi connectivity index (χ0) is 30.5. The summed E-state index contributed by atoms with van der Waals surface area (Å²) < 4.78 is 0. The van der Waals surface area contributed by atoms with Crippen molar-refractivity contribution in [2.24, 2.45) is 0 Å². The topological polar surface area (TPSA) is 122 Å². The molecule has 0 aliphatic rings. The van der Waals surface area contributed by atoms with Crippen molar-refractivity contribution in [2.45, 2.75) is 6.54 Å². The highest BCUT2D eigenvalue weighted by Gasteiger charge is 2.15. The van der Waals surface area contributed by atoms with Crippen LogP contribution in [0.4, 0.5) is 17.1 Å². The van der Waals surface area contributed by atoms with E-state index in [1.807, 2.05) is 67.5 Å². The van der Waals surface area contributed by atoms with E-state index in [2.05, 4.69) is 15.6 Å². The fourth-order valence-corrected chi connectivity index (χ4v) is 4.86. The lowest BCUT2D eigenvalue weighted by Gasteiger charge is -2.11. The van der Waals surface area contributed by atoms with E-state index in [1.165, 1.54) is 6.08 Å². The van der Waals surface area contributed by atoms with E-state index in [1.54, 1.807) is 41.9 Å². The number of anilines is 3. The zero-order valence-electron chi connectivity index (χ0n) is 23.3.